The molecule has 4 nitrogen and oxygen atoms in total. The van der Waals surface area contributed by atoms with Crippen LogP contribution in [-0.4, -0.2) is 16.9 Å². The number of rotatable bonds is 8. The maximum atomic E-state index is 14.5. The topological polar surface area (TPSA) is 48.4 Å². The van der Waals surface area contributed by atoms with E-state index in [2.05, 4.69) is 4.37 Å². The zero-order valence-corrected chi connectivity index (χ0v) is 19.8. The Bertz CT molecular complexity index is 1240. The molecule has 0 radical (unpaired) electrons. The lowest BCUT2D eigenvalue weighted by Gasteiger charge is -2.16. The number of hydrogen-bond acceptors (Lipinski definition) is 5. The molecule has 0 fully saturated rings. The van der Waals surface area contributed by atoms with Gasteiger partial charge in [0.2, 0.25) is 0 Å². The summed E-state index contributed by atoms with van der Waals surface area (Å²) in [5.41, 5.74) is -2.65. The van der Waals surface area contributed by atoms with Gasteiger partial charge >= 0.3 is 18.3 Å². The fraction of sp³-hybridized carbons (Fsp3) is 0.333. The van der Waals surface area contributed by atoms with Crippen molar-refractivity contribution in [2.24, 2.45) is 0 Å². The highest BCUT2D eigenvalue weighted by molar-refractivity contribution is 7.09. The van der Waals surface area contributed by atoms with Crippen molar-refractivity contribution in [3.63, 3.8) is 0 Å². The molecule has 0 spiro atoms. The minimum Gasteiger partial charge on any atom is -0.489 e. The first kappa shape index (κ1) is 27.4. The van der Waals surface area contributed by atoms with Crippen molar-refractivity contribution in [2.45, 2.75) is 45.6 Å². The van der Waals surface area contributed by atoms with Gasteiger partial charge in [0.05, 0.1) is 17.0 Å². The van der Waals surface area contributed by atoms with Crippen LogP contribution >= 0.6 is 11.5 Å². The second-order valence-corrected chi connectivity index (χ2v) is 8.50. The number of esters is 1. The van der Waals surface area contributed by atoms with Gasteiger partial charge in [-0.2, -0.15) is 30.7 Å². The number of halogens is 7. The number of benzene rings is 2. The van der Waals surface area contributed by atoms with Crippen LogP contribution in [-0.2, 0) is 34.9 Å². The molecule has 0 bridgehead atoms. The standard InChI is InChI=1S/C24H20F7NO3S/c1-3-34-20(33)9-6-14-5-7-15(11-18(14)23(26,27)28)35-12-17-21(36-32-22(17)24(29,30)31)16-8-4-13(2)10-19(16)25/h4-5,7-8,10-11H,3,6,9,12H2,1-2H3. The molecule has 3 aromatic rings. The first-order valence-electron chi connectivity index (χ1n) is 10.6. The second-order valence-electron chi connectivity index (χ2n) is 7.73. The molecular weight excluding hydrogens is 515 g/mol. The Morgan fingerprint density at radius 2 is 1.75 bits per heavy atom. The van der Waals surface area contributed by atoms with Gasteiger partial charge in [-0.05, 0) is 61.1 Å². The molecule has 0 aliphatic rings. The highest BCUT2D eigenvalue weighted by Gasteiger charge is 2.39. The Kier molecular flexibility index (Phi) is 8.27. The fourth-order valence-electron chi connectivity index (χ4n) is 3.43. The smallest absolute Gasteiger partial charge is 0.434 e. The van der Waals surface area contributed by atoms with Gasteiger partial charge in [-0.1, -0.05) is 18.2 Å². The SMILES string of the molecule is CCOC(=O)CCc1ccc(OCc2c(C(F)(F)F)nsc2-c2ccc(C)cc2F)cc1C(F)(F)F. The van der Waals surface area contributed by atoms with E-state index in [0.717, 1.165) is 18.2 Å². The van der Waals surface area contributed by atoms with Crippen molar-refractivity contribution in [3.8, 4) is 16.2 Å². The Balaban J connectivity index is 1.92. The Morgan fingerprint density at radius 3 is 2.36 bits per heavy atom. The van der Waals surface area contributed by atoms with E-state index in [9.17, 15) is 35.5 Å². The predicted octanol–water partition coefficient (Wildman–Crippen LogP) is 7.37. The van der Waals surface area contributed by atoms with Crippen LogP contribution in [0.25, 0.3) is 10.4 Å². The van der Waals surface area contributed by atoms with Crippen LogP contribution in [0.15, 0.2) is 36.4 Å². The van der Waals surface area contributed by atoms with E-state index in [0.29, 0.717) is 23.2 Å². The third-order valence-electron chi connectivity index (χ3n) is 5.10. The van der Waals surface area contributed by atoms with Gasteiger partial charge in [-0.25, -0.2) is 4.39 Å². The van der Waals surface area contributed by atoms with Crippen LogP contribution in [0.5, 0.6) is 5.75 Å². The number of carbonyl (C=O) groups excluding carboxylic acids is 1. The zero-order valence-electron chi connectivity index (χ0n) is 19.0. The van der Waals surface area contributed by atoms with E-state index in [4.69, 9.17) is 9.47 Å². The third-order valence-corrected chi connectivity index (χ3v) is 6.02. The summed E-state index contributed by atoms with van der Waals surface area (Å²) in [6, 6.07) is 6.88. The highest BCUT2D eigenvalue weighted by Crippen LogP contribution is 2.41. The lowest BCUT2D eigenvalue weighted by molar-refractivity contribution is -0.144. The van der Waals surface area contributed by atoms with Crippen LogP contribution in [0.1, 0.15) is 41.3 Å². The van der Waals surface area contributed by atoms with E-state index < -0.39 is 47.6 Å². The number of aromatic nitrogens is 1. The van der Waals surface area contributed by atoms with Crippen LogP contribution in [0.3, 0.4) is 0 Å². The molecule has 0 atom stereocenters. The molecule has 0 saturated heterocycles. The van der Waals surface area contributed by atoms with Crippen molar-refractivity contribution in [2.75, 3.05) is 6.61 Å². The van der Waals surface area contributed by atoms with Crippen LogP contribution < -0.4 is 4.74 Å². The van der Waals surface area contributed by atoms with Crippen molar-refractivity contribution >= 4 is 17.5 Å². The lowest BCUT2D eigenvalue weighted by Crippen LogP contribution is -2.13. The number of alkyl halides is 6. The number of aryl methyl sites for hydroxylation is 2. The van der Waals surface area contributed by atoms with Crippen molar-refractivity contribution in [3.05, 3.63) is 70.2 Å². The Hall–Kier alpha value is -3.15. The summed E-state index contributed by atoms with van der Waals surface area (Å²) >= 11 is 0.421. The van der Waals surface area contributed by atoms with Gasteiger partial charge in [0.15, 0.2) is 5.69 Å². The minimum atomic E-state index is -4.89. The Morgan fingerprint density at radius 1 is 1.03 bits per heavy atom. The number of nitrogens with zero attached hydrogens (tertiary/aromatic N) is 1. The number of carbonyl (C=O) groups is 1. The van der Waals surface area contributed by atoms with Gasteiger partial charge in [0, 0.05) is 17.5 Å². The van der Waals surface area contributed by atoms with E-state index in [1.807, 2.05) is 0 Å². The maximum absolute atomic E-state index is 14.5. The first-order chi connectivity index (χ1) is 16.8. The number of ether oxygens (including phenoxy) is 2. The molecule has 2 aromatic carbocycles. The summed E-state index contributed by atoms with van der Waals surface area (Å²) < 4.78 is 109. The molecule has 36 heavy (non-hydrogen) atoms. The molecule has 0 aliphatic carbocycles. The number of hydrogen-bond donors (Lipinski definition) is 0. The van der Waals surface area contributed by atoms with Crippen LogP contribution in [0.2, 0.25) is 0 Å². The second kappa shape index (κ2) is 10.9. The van der Waals surface area contributed by atoms with Gasteiger partial charge in [-0.3, -0.25) is 4.79 Å². The van der Waals surface area contributed by atoms with Gasteiger partial charge in [0.25, 0.3) is 0 Å². The summed E-state index contributed by atoms with van der Waals surface area (Å²) in [7, 11) is 0. The van der Waals surface area contributed by atoms with Crippen molar-refractivity contribution < 1.29 is 45.0 Å². The predicted molar refractivity (Wildman–Crippen MR) is 118 cm³/mol. The van der Waals surface area contributed by atoms with Gasteiger partial charge < -0.3 is 9.47 Å². The summed E-state index contributed by atoms with van der Waals surface area (Å²) in [5, 5.41) is 0. The Labute approximate surface area is 205 Å². The first-order valence-corrected chi connectivity index (χ1v) is 11.4. The summed E-state index contributed by atoms with van der Waals surface area (Å²) in [5.74, 6) is -1.78. The normalized spacial score (nSPS) is 12.0. The van der Waals surface area contributed by atoms with Crippen LogP contribution in [0, 0.1) is 12.7 Å². The highest BCUT2D eigenvalue weighted by atomic mass is 32.1. The summed E-state index contributed by atoms with van der Waals surface area (Å²) in [6.07, 6.45) is -10.2. The summed E-state index contributed by atoms with van der Waals surface area (Å²) in [4.78, 5) is 11.4. The van der Waals surface area contributed by atoms with E-state index >= 15 is 0 Å². The van der Waals surface area contributed by atoms with E-state index in [1.54, 1.807) is 13.8 Å². The van der Waals surface area contributed by atoms with Crippen molar-refractivity contribution in [1.29, 1.82) is 0 Å². The zero-order chi connectivity index (χ0) is 26.7. The largest absolute Gasteiger partial charge is 0.489 e. The quantitative estimate of drug-likeness (QED) is 0.223. The van der Waals surface area contributed by atoms with E-state index in [1.165, 1.54) is 12.1 Å². The molecular formula is C24H20F7NO3S. The average molecular weight is 535 g/mol. The fourth-order valence-corrected chi connectivity index (χ4v) is 4.36. The third kappa shape index (κ3) is 6.54. The molecule has 1 aromatic heterocycles. The lowest BCUT2D eigenvalue weighted by atomic mass is 10.0. The minimum absolute atomic E-state index is 0.0869. The molecule has 0 unspecified atom stereocenters. The monoisotopic (exact) mass is 535 g/mol. The molecule has 0 aliphatic heterocycles. The molecule has 1 heterocycles. The van der Waals surface area contributed by atoms with E-state index in [-0.39, 0.29) is 41.2 Å². The maximum Gasteiger partial charge on any atom is 0.434 e. The molecule has 12 heteroatoms. The van der Waals surface area contributed by atoms with Gasteiger partial charge in [0.1, 0.15) is 18.2 Å². The van der Waals surface area contributed by atoms with Crippen molar-refractivity contribution in [1.82, 2.24) is 4.37 Å². The molecule has 0 saturated carbocycles. The molecule has 0 amide bonds. The average Bonchev–Trinajstić information content (AvgIpc) is 3.20. The molecule has 194 valence electrons. The van der Waals surface area contributed by atoms with Gasteiger partial charge in [-0.15, -0.1) is 0 Å². The summed E-state index contributed by atoms with van der Waals surface area (Å²) in [6.45, 7) is 2.47. The van der Waals surface area contributed by atoms with Crippen LogP contribution in [0.4, 0.5) is 30.7 Å². The molecule has 0 N–H and O–H groups in total. The molecule has 3 rings (SSSR count).